The van der Waals surface area contributed by atoms with E-state index in [1.165, 1.54) is 0 Å². The van der Waals surface area contributed by atoms with Gasteiger partial charge < -0.3 is 30.9 Å². The summed E-state index contributed by atoms with van der Waals surface area (Å²) in [4.78, 5) is 14.3. The zero-order valence-electron chi connectivity index (χ0n) is 9.17. The highest BCUT2D eigenvalue weighted by molar-refractivity contribution is 5.90. The van der Waals surface area contributed by atoms with Crippen molar-refractivity contribution in [2.75, 3.05) is 12.3 Å². The largest absolute Gasteiger partial charge is 0.476 e. The third-order valence-corrected chi connectivity index (χ3v) is 2.83. The summed E-state index contributed by atoms with van der Waals surface area (Å²) in [7, 11) is 0. The van der Waals surface area contributed by atoms with E-state index in [2.05, 4.69) is 4.98 Å². The van der Waals surface area contributed by atoms with E-state index in [0.717, 1.165) is 10.9 Å². The molecule has 4 atom stereocenters. The van der Waals surface area contributed by atoms with Crippen LogP contribution in [-0.2, 0) is 4.74 Å². The number of nitrogen functional groups attached to an aromatic ring is 1. The number of rotatable bonds is 3. The Balaban J connectivity index is 2.30. The minimum absolute atomic E-state index is 0.197. The molecule has 18 heavy (non-hydrogen) atoms. The molecule has 0 amide bonds. The topological polar surface area (TPSA) is 151 Å². The maximum atomic E-state index is 10.8. The second-order valence-electron chi connectivity index (χ2n) is 3.92. The minimum Gasteiger partial charge on any atom is -0.476 e. The summed E-state index contributed by atoms with van der Waals surface area (Å²) in [5, 5.41) is 37.0. The Morgan fingerprint density at radius 3 is 2.61 bits per heavy atom. The molecule has 2 heterocycles. The highest BCUT2D eigenvalue weighted by Crippen LogP contribution is 2.31. The van der Waals surface area contributed by atoms with Gasteiger partial charge in [-0.2, -0.15) is 0 Å². The molecule has 9 nitrogen and oxygen atoms in total. The van der Waals surface area contributed by atoms with Crippen molar-refractivity contribution >= 4 is 11.8 Å². The SMILES string of the molecule is Nc1c(C(=O)O)ncn1C1O[C@H](CO)[C@@H](O)[C@H]1O. The number of aromatic carboxylic acids is 1. The third kappa shape index (κ3) is 1.82. The molecule has 0 aromatic carbocycles. The lowest BCUT2D eigenvalue weighted by Crippen LogP contribution is -2.33. The fourth-order valence-electron chi connectivity index (χ4n) is 1.85. The first-order chi connectivity index (χ1) is 8.47. The Hall–Kier alpha value is -1.68. The number of hydrogen-bond donors (Lipinski definition) is 5. The van der Waals surface area contributed by atoms with Crippen LogP contribution in [0.15, 0.2) is 6.33 Å². The van der Waals surface area contributed by atoms with Gasteiger partial charge in [-0.3, -0.25) is 4.57 Å². The molecule has 1 saturated heterocycles. The molecule has 100 valence electrons. The molecule has 2 rings (SSSR count). The van der Waals surface area contributed by atoms with E-state index in [9.17, 15) is 15.0 Å². The van der Waals surface area contributed by atoms with E-state index >= 15 is 0 Å². The number of carbonyl (C=O) groups is 1. The molecule has 0 bridgehead atoms. The average Bonchev–Trinajstić information content (AvgIpc) is 2.82. The summed E-state index contributed by atoms with van der Waals surface area (Å²) < 4.78 is 6.30. The van der Waals surface area contributed by atoms with E-state index in [1.807, 2.05) is 0 Å². The molecule has 9 heteroatoms. The van der Waals surface area contributed by atoms with Gasteiger partial charge in [0.25, 0.3) is 0 Å². The average molecular weight is 259 g/mol. The number of hydrogen-bond acceptors (Lipinski definition) is 7. The smallest absolute Gasteiger partial charge is 0.358 e. The number of carboxylic acid groups (broad SMARTS) is 1. The van der Waals surface area contributed by atoms with Crippen LogP contribution in [0.2, 0.25) is 0 Å². The van der Waals surface area contributed by atoms with Crippen molar-refractivity contribution < 1.29 is 30.0 Å². The van der Waals surface area contributed by atoms with Gasteiger partial charge in [0.1, 0.15) is 24.1 Å². The predicted molar refractivity (Wildman–Crippen MR) is 56.6 cm³/mol. The van der Waals surface area contributed by atoms with Crippen molar-refractivity contribution in [2.45, 2.75) is 24.5 Å². The molecule has 1 aliphatic heterocycles. The number of aliphatic hydroxyl groups excluding tert-OH is 3. The Kier molecular flexibility index (Phi) is 3.22. The molecule has 0 aliphatic carbocycles. The first-order valence-electron chi connectivity index (χ1n) is 5.15. The lowest BCUT2D eigenvalue weighted by Gasteiger charge is -2.17. The standard InChI is InChI=1S/C9H13N3O6/c10-7-4(9(16)17)11-2-12(7)8-6(15)5(14)3(1-13)18-8/h2-3,5-6,8,13-15H,1,10H2,(H,16,17)/t3-,5-,6-,8?/m1/s1. The van der Waals surface area contributed by atoms with Crippen LogP contribution in [0.5, 0.6) is 0 Å². The zero-order valence-corrected chi connectivity index (χ0v) is 9.17. The Morgan fingerprint density at radius 1 is 1.50 bits per heavy atom. The number of aliphatic hydroxyl groups is 3. The first kappa shape index (κ1) is 12.8. The predicted octanol–water partition coefficient (Wildman–Crippen LogP) is -2.22. The van der Waals surface area contributed by atoms with Crippen LogP contribution in [0.4, 0.5) is 5.82 Å². The van der Waals surface area contributed by atoms with Crippen molar-refractivity contribution in [2.24, 2.45) is 0 Å². The van der Waals surface area contributed by atoms with Gasteiger partial charge in [0, 0.05) is 0 Å². The van der Waals surface area contributed by atoms with E-state index in [0.29, 0.717) is 0 Å². The molecular formula is C9H13N3O6. The second kappa shape index (κ2) is 4.53. The van der Waals surface area contributed by atoms with Gasteiger partial charge in [0.2, 0.25) is 0 Å². The van der Waals surface area contributed by atoms with Gasteiger partial charge in [-0.15, -0.1) is 0 Å². The normalized spacial score (nSPS) is 31.7. The second-order valence-corrected chi connectivity index (χ2v) is 3.92. The fraction of sp³-hybridized carbons (Fsp3) is 0.556. The van der Waals surface area contributed by atoms with Gasteiger partial charge in [0.05, 0.1) is 12.9 Å². The summed E-state index contributed by atoms with van der Waals surface area (Å²) in [6, 6.07) is 0. The number of aromatic nitrogens is 2. The number of nitrogens with zero attached hydrogens (tertiary/aromatic N) is 2. The lowest BCUT2D eigenvalue weighted by atomic mass is 10.1. The van der Waals surface area contributed by atoms with Gasteiger partial charge in [-0.1, -0.05) is 0 Å². The highest BCUT2D eigenvalue weighted by Gasteiger charge is 2.44. The minimum atomic E-state index is -1.33. The van der Waals surface area contributed by atoms with Crippen LogP contribution in [0.3, 0.4) is 0 Å². The van der Waals surface area contributed by atoms with Crippen LogP contribution >= 0.6 is 0 Å². The molecule has 6 N–H and O–H groups in total. The molecule has 1 aliphatic rings. The quantitative estimate of drug-likeness (QED) is 0.409. The van der Waals surface area contributed by atoms with E-state index in [1.54, 1.807) is 0 Å². The number of nitrogens with two attached hydrogens (primary N) is 1. The number of ether oxygens (including phenoxy) is 1. The molecule has 1 aromatic heterocycles. The van der Waals surface area contributed by atoms with Crippen molar-refractivity contribution in [1.29, 1.82) is 0 Å². The lowest BCUT2D eigenvalue weighted by molar-refractivity contribution is -0.0518. The van der Waals surface area contributed by atoms with E-state index in [-0.39, 0.29) is 11.5 Å². The fourth-order valence-corrected chi connectivity index (χ4v) is 1.85. The molecule has 1 aromatic rings. The van der Waals surface area contributed by atoms with Crippen molar-refractivity contribution in [1.82, 2.24) is 9.55 Å². The summed E-state index contributed by atoms with van der Waals surface area (Å²) >= 11 is 0. The van der Waals surface area contributed by atoms with Gasteiger partial charge in [-0.25, -0.2) is 9.78 Å². The van der Waals surface area contributed by atoms with Crippen molar-refractivity contribution in [3.63, 3.8) is 0 Å². The molecular weight excluding hydrogens is 246 g/mol. The van der Waals surface area contributed by atoms with Crippen LogP contribution in [0, 0.1) is 0 Å². The number of carboxylic acids is 1. The van der Waals surface area contributed by atoms with Gasteiger partial charge in [0.15, 0.2) is 11.9 Å². The summed E-state index contributed by atoms with van der Waals surface area (Å²) in [6.45, 7) is -0.477. The van der Waals surface area contributed by atoms with Crippen LogP contribution in [-0.4, -0.2) is 60.9 Å². The summed E-state index contributed by atoms with van der Waals surface area (Å²) in [6.07, 6.45) is -3.56. The molecule has 1 fully saturated rings. The third-order valence-electron chi connectivity index (χ3n) is 2.83. The Morgan fingerprint density at radius 2 is 2.17 bits per heavy atom. The first-order valence-corrected chi connectivity index (χ1v) is 5.15. The Labute approximate surface area is 101 Å². The van der Waals surface area contributed by atoms with Crippen LogP contribution < -0.4 is 5.73 Å². The van der Waals surface area contributed by atoms with Crippen LogP contribution in [0.25, 0.3) is 0 Å². The Bertz CT molecular complexity index is 461. The summed E-state index contributed by atoms with van der Waals surface area (Å²) in [5.74, 6) is -1.50. The van der Waals surface area contributed by atoms with E-state index < -0.39 is 37.1 Å². The van der Waals surface area contributed by atoms with Crippen molar-refractivity contribution in [3.05, 3.63) is 12.0 Å². The highest BCUT2D eigenvalue weighted by atomic mass is 16.6. The maximum absolute atomic E-state index is 10.8. The van der Waals surface area contributed by atoms with Gasteiger partial charge >= 0.3 is 5.97 Å². The molecule has 0 radical (unpaired) electrons. The van der Waals surface area contributed by atoms with E-state index in [4.69, 9.17) is 20.7 Å². The number of anilines is 1. The molecule has 0 spiro atoms. The molecule has 0 saturated carbocycles. The summed E-state index contributed by atoms with van der Waals surface area (Å²) in [5.41, 5.74) is 5.20. The number of imidazole rings is 1. The van der Waals surface area contributed by atoms with Crippen LogP contribution in [0.1, 0.15) is 16.7 Å². The van der Waals surface area contributed by atoms with Gasteiger partial charge in [-0.05, 0) is 0 Å². The molecule has 1 unspecified atom stereocenters. The monoisotopic (exact) mass is 259 g/mol. The zero-order chi connectivity index (χ0) is 13.4. The maximum Gasteiger partial charge on any atom is 0.358 e. The van der Waals surface area contributed by atoms with Crippen molar-refractivity contribution in [3.8, 4) is 0 Å².